The van der Waals surface area contributed by atoms with E-state index in [1.807, 2.05) is 6.92 Å². The quantitative estimate of drug-likeness (QED) is 0.695. The maximum absolute atomic E-state index is 11.3. The highest BCUT2D eigenvalue weighted by Gasteiger charge is 2.14. The topological polar surface area (TPSA) is 70.1 Å². The number of nitrogens with two attached hydrogens (primary N) is 1. The third-order valence-electron chi connectivity index (χ3n) is 1.64. The van der Waals surface area contributed by atoms with Gasteiger partial charge in [-0.2, -0.15) is 5.10 Å². The SMILES string of the molecule is CCCOC(=O)c1cnn(C)c1N. The van der Waals surface area contributed by atoms with Crippen molar-refractivity contribution in [3.63, 3.8) is 0 Å². The van der Waals surface area contributed by atoms with Gasteiger partial charge in [0.2, 0.25) is 0 Å². The van der Waals surface area contributed by atoms with Crippen molar-refractivity contribution >= 4 is 11.8 Å². The molecule has 5 heteroatoms. The van der Waals surface area contributed by atoms with Gasteiger partial charge in [0, 0.05) is 7.05 Å². The van der Waals surface area contributed by atoms with Crippen LogP contribution < -0.4 is 5.73 Å². The first kappa shape index (κ1) is 9.57. The summed E-state index contributed by atoms with van der Waals surface area (Å²) in [6.07, 6.45) is 2.21. The largest absolute Gasteiger partial charge is 0.462 e. The van der Waals surface area contributed by atoms with Crippen molar-refractivity contribution in [3.8, 4) is 0 Å². The second-order valence-corrected chi connectivity index (χ2v) is 2.70. The molecular weight excluding hydrogens is 170 g/mol. The van der Waals surface area contributed by atoms with Crippen molar-refractivity contribution in [3.05, 3.63) is 11.8 Å². The van der Waals surface area contributed by atoms with Crippen LogP contribution in [0.15, 0.2) is 6.20 Å². The molecule has 0 saturated carbocycles. The second kappa shape index (κ2) is 3.93. The molecule has 0 aromatic carbocycles. The van der Waals surface area contributed by atoms with Gasteiger partial charge in [0.15, 0.2) is 0 Å². The van der Waals surface area contributed by atoms with Crippen LogP contribution >= 0.6 is 0 Å². The average Bonchev–Trinajstić information content (AvgIpc) is 2.44. The molecule has 0 amide bonds. The second-order valence-electron chi connectivity index (χ2n) is 2.70. The van der Waals surface area contributed by atoms with Gasteiger partial charge in [-0.1, -0.05) is 6.92 Å². The van der Waals surface area contributed by atoms with Crippen molar-refractivity contribution in [2.24, 2.45) is 7.05 Å². The molecule has 1 heterocycles. The molecule has 1 aromatic heterocycles. The third-order valence-corrected chi connectivity index (χ3v) is 1.64. The molecule has 0 spiro atoms. The van der Waals surface area contributed by atoms with Crippen LogP contribution in [0.1, 0.15) is 23.7 Å². The minimum Gasteiger partial charge on any atom is -0.462 e. The van der Waals surface area contributed by atoms with E-state index < -0.39 is 5.97 Å². The Balaban J connectivity index is 2.71. The van der Waals surface area contributed by atoms with Gasteiger partial charge in [-0.15, -0.1) is 0 Å². The van der Waals surface area contributed by atoms with Gasteiger partial charge in [-0.3, -0.25) is 4.68 Å². The monoisotopic (exact) mass is 183 g/mol. The lowest BCUT2D eigenvalue weighted by Gasteiger charge is -2.01. The molecule has 0 atom stereocenters. The molecule has 1 rings (SSSR count). The normalized spacial score (nSPS) is 10.0. The van der Waals surface area contributed by atoms with Crippen LogP contribution in [-0.2, 0) is 11.8 Å². The van der Waals surface area contributed by atoms with Crippen LogP contribution in [0.2, 0.25) is 0 Å². The number of anilines is 1. The van der Waals surface area contributed by atoms with Crippen molar-refractivity contribution in [2.75, 3.05) is 12.3 Å². The Morgan fingerprint density at radius 2 is 2.46 bits per heavy atom. The molecule has 0 fully saturated rings. The fourth-order valence-corrected chi connectivity index (χ4v) is 0.877. The van der Waals surface area contributed by atoms with Gasteiger partial charge in [-0.25, -0.2) is 4.79 Å². The van der Waals surface area contributed by atoms with Crippen molar-refractivity contribution in [1.29, 1.82) is 0 Å². The smallest absolute Gasteiger partial charge is 0.343 e. The van der Waals surface area contributed by atoms with Gasteiger partial charge >= 0.3 is 5.97 Å². The zero-order valence-electron chi connectivity index (χ0n) is 7.78. The standard InChI is InChI=1S/C8H13N3O2/c1-3-4-13-8(12)6-5-10-11(2)7(6)9/h5H,3-4,9H2,1-2H3. The zero-order chi connectivity index (χ0) is 9.84. The van der Waals surface area contributed by atoms with Crippen LogP contribution in [-0.4, -0.2) is 22.4 Å². The lowest BCUT2D eigenvalue weighted by molar-refractivity contribution is 0.0506. The predicted molar refractivity (Wildman–Crippen MR) is 48.2 cm³/mol. The van der Waals surface area contributed by atoms with Gasteiger partial charge in [0.05, 0.1) is 12.8 Å². The minimum atomic E-state index is -0.410. The van der Waals surface area contributed by atoms with E-state index in [0.717, 1.165) is 6.42 Å². The summed E-state index contributed by atoms with van der Waals surface area (Å²) in [5.41, 5.74) is 5.90. The number of rotatable bonds is 3. The van der Waals surface area contributed by atoms with Crippen molar-refractivity contribution < 1.29 is 9.53 Å². The van der Waals surface area contributed by atoms with Crippen molar-refractivity contribution in [2.45, 2.75) is 13.3 Å². The summed E-state index contributed by atoms with van der Waals surface area (Å²) in [6.45, 7) is 2.34. The summed E-state index contributed by atoms with van der Waals surface area (Å²) >= 11 is 0. The maximum Gasteiger partial charge on any atom is 0.343 e. The molecule has 0 bridgehead atoms. The molecule has 2 N–H and O–H groups in total. The van der Waals surface area contributed by atoms with E-state index in [1.165, 1.54) is 10.9 Å². The molecular formula is C8H13N3O2. The van der Waals surface area contributed by atoms with E-state index in [1.54, 1.807) is 7.05 Å². The average molecular weight is 183 g/mol. The molecule has 5 nitrogen and oxygen atoms in total. The summed E-state index contributed by atoms with van der Waals surface area (Å²) in [4.78, 5) is 11.3. The summed E-state index contributed by atoms with van der Waals surface area (Å²) in [7, 11) is 1.67. The molecule has 0 aliphatic rings. The van der Waals surface area contributed by atoms with Crippen LogP contribution in [0.5, 0.6) is 0 Å². The Labute approximate surface area is 76.5 Å². The molecule has 0 aliphatic carbocycles. The fraction of sp³-hybridized carbons (Fsp3) is 0.500. The molecule has 0 aliphatic heterocycles. The van der Waals surface area contributed by atoms with E-state index in [0.29, 0.717) is 18.0 Å². The van der Waals surface area contributed by atoms with E-state index in [-0.39, 0.29) is 0 Å². The molecule has 13 heavy (non-hydrogen) atoms. The van der Waals surface area contributed by atoms with E-state index in [9.17, 15) is 4.79 Å². The summed E-state index contributed by atoms with van der Waals surface area (Å²) in [5, 5.41) is 3.84. The zero-order valence-corrected chi connectivity index (χ0v) is 7.78. The number of aryl methyl sites for hydroxylation is 1. The molecule has 72 valence electrons. The number of hydrogen-bond acceptors (Lipinski definition) is 4. The highest BCUT2D eigenvalue weighted by molar-refractivity contribution is 5.93. The maximum atomic E-state index is 11.3. The molecule has 0 unspecified atom stereocenters. The van der Waals surface area contributed by atoms with Gasteiger partial charge in [0.1, 0.15) is 11.4 Å². The van der Waals surface area contributed by atoms with Crippen molar-refractivity contribution in [1.82, 2.24) is 9.78 Å². The van der Waals surface area contributed by atoms with Crippen LogP contribution in [0.4, 0.5) is 5.82 Å². The Bertz CT molecular complexity index is 306. The first-order valence-electron chi connectivity index (χ1n) is 4.11. The van der Waals surface area contributed by atoms with Crippen LogP contribution in [0.3, 0.4) is 0 Å². The first-order chi connectivity index (χ1) is 6.16. The summed E-state index contributed by atoms with van der Waals surface area (Å²) in [6, 6.07) is 0. The third kappa shape index (κ3) is 1.99. The van der Waals surface area contributed by atoms with Gasteiger partial charge in [0.25, 0.3) is 0 Å². The number of esters is 1. The Morgan fingerprint density at radius 3 is 2.92 bits per heavy atom. The highest BCUT2D eigenvalue weighted by Crippen LogP contribution is 2.10. The number of aromatic nitrogens is 2. The predicted octanol–water partition coefficient (Wildman–Crippen LogP) is 0.569. The number of nitrogen functional groups attached to an aromatic ring is 1. The van der Waals surface area contributed by atoms with Gasteiger partial charge < -0.3 is 10.5 Å². The molecule has 0 saturated heterocycles. The number of hydrogen-bond donors (Lipinski definition) is 1. The van der Waals surface area contributed by atoms with Crippen LogP contribution in [0, 0.1) is 0 Å². The number of carbonyl (C=O) groups excluding carboxylic acids is 1. The van der Waals surface area contributed by atoms with E-state index in [2.05, 4.69) is 5.10 Å². The highest BCUT2D eigenvalue weighted by atomic mass is 16.5. The fourth-order valence-electron chi connectivity index (χ4n) is 0.877. The number of nitrogens with zero attached hydrogens (tertiary/aromatic N) is 2. The molecule has 1 aromatic rings. The minimum absolute atomic E-state index is 0.330. The number of carbonyl (C=O) groups is 1. The molecule has 0 radical (unpaired) electrons. The summed E-state index contributed by atoms with van der Waals surface area (Å²) in [5.74, 6) is -0.0754. The van der Waals surface area contributed by atoms with E-state index in [4.69, 9.17) is 10.5 Å². The number of ether oxygens (including phenoxy) is 1. The van der Waals surface area contributed by atoms with Gasteiger partial charge in [-0.05, 0) is 6.42 Å². The lowest BCUT2D eigenvalue weighted by atomic mass is 10.3. The van der Waals surface area contributed by atoms with Crippen LogP contribution in [0.25, 0.3) is 0 Å². The first-order valence-corrected chi connectivity index (χ1v) is 4.11. The Morgan fingerprint density at radius 1 is 1.77 bits per heavy atom. The summed E-state index contributed by atoms with van der Waals surface area (Å²) < 4.78 is 6.33. The lowest BCUT2D eigenvalue weighted by Crippen LogP contribution is -2.08. The van der Waals surface area contributed by atoms with E-state index >= 15 is 0 Å². The Hall–Kier alpha value is -1.52. The Kier molecular flexibility index (Phi) is 2.89.